The molecule has 2 N–H and O–H groups in total. The van der Waals surface area contributed by atoms with Gasteiger partial charge in [-0.3, -0.25) is 0 Å². The van der Waals surface area contributed by atoms with Crippen LogP contribution in [-0.4, -0.2) is 23.6 Å². The smallest absolute Gasteiger partial charge is 0.131 e. The number of rotatable bonds is 4. The summed E-state index contributed by atoms with van der Waals surface area (Å²) in [4.78, 5) is 6.75. The van der Waals surface area contributed by atoms with Gasteiger partial charge in [0.2, 0.25) is 0 Å². The lowest BCUT2D eigenvalue weighted by Gasteiger charge is -2.12. The van der Waals surface area contributed by atoms with Crippen molar-refractivity contribution in [3.8, 4) is 11.3 Å². The van der Waals surface area contributed by atoms with Crippen LogP contribution in [0.15, 0.2) is 24.3 Å². The van der Waals surface area contributed by atoms with Crippen LogP contribution in [0.5, 0.6) is 0 Å². The molecule has 0 spiro atoms. The first kappa shape index (κ1) is 13.5. The van der Waals surface area contributed by atoms with Gasteiger partial charge in [0.25, 0.3) is 0 Å². The molecule has 0 saturated heterocycles. The van der Waals surface area contributed by atoms with Crippen molar-refractivity contribution in [3.05, 3.63) is 30.1 Å². The van der Waals surface area contributed by atoms with E-state index in [9.17, 15) is 0 Å². The van der Waals surface area contributed by atoms with Crippen molar-refractivity contribution in [1.29, 1.82) is 0 Å². The van der Waals surface area contributed by atoms with Crippen LogP contribution in [0, 0.1) is 0 Å². The maximum Gasteiger partial charge on any atom is 0.131 e. The summed E-state index contributed by atoms with van der Waals surface area (Å²) in [7, 11) is 6.04. The van der Waals surface area contributed by atoms with Gasteiger partial charge in [-0.1, -0.05) is 19.1 Å². The molecule has 0 aliphatic heterocycles. The number of nitrogens with zero attached hydrogens (tertiary/aromatic N) is 3. The molecular weight excluding hydrogens is 236 g/mol. The monoisotopic (exact) mass is 258 g/mol. The standard InChI is InChI=1S/C15H22N4/c1-5-6-13-17-14(15(16)19(13)4)11-7-9-12(10-8-11)18(2)3/h7-10H,5-6,16H2,1-4H3. The van der Waals surface area contributed by atoms with E-state index < -0.39 is 0 Å². The van der Waals surface area contributed by atoms with Crippen molar-refractivity contribution in [2.75, 3.05) is 24.7 Å². The first-order valence-electron chi connectivity index (χ1n) is 6.63. The second-order valence-corrected chi connectivity index (χ2v) is 5.01. The molecule has 2 aromatic rings. The third-order valence-corrected chi connectivity index (χ3v) is 3.36. The Balaban J connectivity index is 2.38. The van der Waals surface area contributed by atoms with Gasteiger partial charge in [0.05, 0.1) is 0 Å². The van der Waals surface area contributed by atoms with Crippen molar-refractivity contribution in [3.63, 3.8) is 0 Å². The number of aryl methyl sites for hydroxylation is 1. The summed E-state index contributed by atoms with van der Waals surface area (Å²) >= 11 is 0. The van der Waals surface area contributed by atoms with E-state index in [1.807, 2.05) is 25.7 Å². The highest BCUT2D eigenvalue weighted by Gasteiger charge is 2.13. The molecule has 0 aliphatic carbocycles. The number of nitrogen functional groups attached to an aromatic ring is 1. The summed E-state index contributed by atoms with van der Waals surface area (Å²) in [5.41, 5.74) is 9.28. The minimum atomic E-state index is 0.737. The second kappa shape index (κ2) is 5.34. The van der Waals surface area contributed by atoms with Gasteiger partial charge in [-0.2, -0.15) is 0 Å². The minimum absolute atomic E-state index is 0.737. The largest absolute Gasteiger partial charge is 0.383 e. The Bertz CT molecular complexity index is 552. The van der Waals surface area contributed by atoms with Crippen molar-refractivity contribution in [2.24, 2.45) is 7.05 Å². The SMILES string of the molecule is CCCc1nc(-c2ccc(N(C)C)cc2)c(N)n1C. The lowest BCUT2D eigenvalue weighted by Crippen LogP contribution is -2.07. The number of aromatic nitrogens is 2. The fourth-order valence-corrected chi connectivity index (χ4v) is 2.14. The Hall–Kier alpha value is -1.97. The van der Waals surface area contributed by atoms with E-state index in [-0.39, 0.29) is 0 Å². The van der Waals surface area contributed by atoms with Crippen LogP contribution >= 0.6 is 0 Å². The highest BCUT2D eigenvalue weighted by atomic mass is 15.1. The van der Waals surface area contributed by atoms with E-state index in [0.29, 0.717) is 0 Å². The Morgan fingerprint density at radius 3 is 2.37 bits per heavy atom. The molecule has 19 heavy (non-hydrogen) atoms. The number of benzene rings is 1. The summed E-state index contributed by atoms with van der Waals surface area (Å²) in [5.74, 6) is 1.78. The molecule has 0 fully saturated rings. The zero-order valence-electron chi connectivity index (χ0n) is 12.1. The van der Waals surface area contributed by atoms with Gasteiger partial charge in [0, 0.05) is 38.8 Å². The molecule has 0 saturated carbocycles. The predicted octanol–water partition coefficient (Wildman–Crippen LogP) is 2.69. The first-order chi connectivity index (χ1) is 9.04. The van der Waals surface area contributed by atoms with E-state index in [2.05, 4.69) is 41.1 Å². The quantitative estimate of drug-likeness (QED) is 0.917. The summed E-state index contributed by atoms with van der Waals surface area (Å²) in [6.07, 6.45) is 2.03. The summed E-state index contributed by atoms with van der Waals surface area (Å²) < 4.78 is 1.98. The minimum Gasteiger partial charge on any atom is -0.383 e. The molecule has 0 unspecified atom stereocenters. The normalized spacial score (nSPS) is 10.7. The topological polar surface area (TPSA) is 47.1 Å². The lowest BCUT2D eigenvalue weighted by molar-refractivity contribution is 0.764. The van der Waals surface area contributed by atoms with E-state index in [4.69, 9.17) is 5.73 Å². The van der Waals surface area contributed by atoms with Crippen LogP contribution in [0.2, 0.25) is 0 Å². The zero-order chi connectivity index (χ0) is 14.0. The van der Waals surface area contributed by atoms with Crippen molar-refractivity contribution < 1.29 is 0 Å². The number of imidazole rings is 1. The van der Waals surface area contributed by atoms with Gasteiger partial charge >= 0.3 is 0 Å². The van der Waals surface area contributed by atoms with Gasteiger partial charge < -0.3 is 15.2 Å². The van der Waals surface area contributed by atoms with Gasteiger partial charge in [-0.25, -0.2) is 4.98 Å². The molecule has 2 rings (SSSR count). The highest BCUT2D eigenvalue weighted by molar-refractivity contribution is 5.72. The maximum absolute atomic E-state index is 6.15. The van der Waals surface area contributed by atoms with Crippen LogP contribution in [-0.2, 0) is 13.5 Å². The van der Waals surface area contributed by atoms with E-state index in [0.717, 1.165) is 35.7 Å². The lowest BCUT2D eigenvalue weighted by atomic mass is 10.1. The Kier molecular flexibility index (Phi) is 3.79. The molecule has 4 heteroatoms. The predicted molar refractivity (Wildman–Crippen MR) is 81.4 cm³/mol. The molecule has 4 nitrogen and oxygen atoms in total. The third kappa shape index (κ3) is 2.57. The van der Waals surface area contributed by atoms with Crippen LogP contribution in [0.4, 0.5) is 11.5 Å². The third-order valence-electron chi connectivity index (χ3n) is 3.36. The molecule has 0 atom stereocenters. The van der Waals surface area contributed by atoms with E-state index in [1.165, 1.54) is 5.69 Å². The van der Waals surface area contributed by atoms with Crippen molar-refractivity contribution in [2.45, 2.75) is 19.8 Å². The van der Waals surface area contributed by atoms with E-state index in [1.54, 1.807) is 0 Å². The highest BCUT2D eigenvalue weighted by Crippen LogP contribution is 2.27. The summed E-state index contributed by atoms with van der Waals surface area (Å²) in [5, 5.41) is 0. The Morgan fingerprint density at radius 1 is 1.21 bits per heavy atom. The van der Waals surface area contributed by atoms with Crippen LogP contribution in [0.3, 0.4) is 0 Å². The molecule has 1 heterocycles. The van der Waals surface area contributed by atoms with Crippen LogP contribution < -0.4 is 10.6 Å². The molecule has 102 valence electrons. The Labute approximate surface area is 114 Å². The summed E-state index contributed by atoms with van der Waals surface area (Å²) in [6.45, 7) is 2.15. The molecule has 1 aromatic heterocycles. The molecule has 0 bridgehead atoms. The first-order valence-corrected chi connectivity index (χ1v) is 6.63. The van der Waals surface area contributed by atoms with Crippen LogP contribution in [0.25, 0.3) is 11.3 Å². The van der Waals surface area contributed by atoms with Gasteiger partial charge in [-0.15, -0.1) is 0 Å². The zero-order valence-corrected chi connectivity index (χ0v) is 12.1. The van der Waals surface area contributed by atoms with Gasteiger partial charge in [-0.05, 0) is 18.6 Å². The molecule has 0 aliphatic rings. The van der Waals surface area contributed by atoms with Crippen LogP contribution in [0.1, 0.15) is 19.2 Å². The summed E-state index contributed by atoms with van der Waals surface area (Å²) in [6, 6.07) is 8.32. The average molecular weight is 258 g/mol. The number of anilines is 2. The van der Waals surface area contributed by atoms with Gasteiger partial charge in [0.15, 0.2) is 0 Å². The molecule has 1 aromatic carbocycles. The van der Waals surface area contributed by atoms with E-state index >= 15 is 0 Å². The van der Waals surface area contributed by atoms with Crippen molar-refractivity contribution in [1.82, 2.24) is 9.55 Å². The molecular formula is C15H22N4. The second-order valence-electron chi connectivity index (χ2n) is 5.01. The van der Waals surface area contributed by atoms with Crippen molar-refractivity contribution >= 4 is 11.5 Å². The molecule has 0 radical (unpaired) electrons. The average Bonchev–Trinajstić information content (AvgIpc) is 2.68. The fraction of sp³-hybridized carbons (Fsp3) is 0.400. The molecule has 0 amide bonds. The number of hydrogen-bond donors (Lipinski definition) is 1. The number of hydrogen-bond acceptors (Lipinski definition) is 3. The Morgan fingerprint density at radius 2 is 1.84 bits per heavy atom. The fourth-order valence-electron chi connectivity index (χ4n) is 2.14. The maximum atomic E-state index is 6.15. The number of nitrogens with two attached hydrogens (primary N) is 1. The van der Waals surface area contributed by atoms with Gasteiger partial charge in [0.1, 0.15) is 17.3 Å².